The molecular weight excluding hydrogens is 274 g/mol. The summed E-state index contributed by atoms with van der Waals surface area (Å²) in [5.41, 5.74) is 1.88. The van der Waals surface area contributed by atoms with Gasteiger partial charge in [0.05, 0.1) is 5.54 Å². The third-order valence-electron chi connectivity index (χ3n) is 3.94. The first-order valence-corrected chi connectivity index (χ1v) is 8.78. The van der Waals surface area contributed by atoms with Gasteiger partial charge in [-0.15, -0.1) is 0 Å². The van der Waals surface area contributed by atoms with Crippen molar-refractivity contribution in [1.29, 1.82) is 0 Å². The summed E-state index contributed by atoms with van der Waals surface area (Å²) < 4.78 is 23.1. The van der Waals surface area contributed by atoms with Gasteiger partial charge < -0.3 is 5.32 Å². The third kappa shape index (κ3) is 3.20. The van der Waals surface area contributed by atoms with Crippen LogP contribution >= 0.6 is 0 Å². The number of carbonyl (C=O) groups excluding carboxylic acids is 1. The molecule has 0 saturated heterocycles. The van der Waals surface area contributed by atoms with Crippen molar-refractivity contribution in [2.45, 2.75) is 38.6 Å². The lowest BCUT2D eigenvalue weighted by Crippen LogP contribution is -2.47. The fraction of sp³-hybridized carbons (Fsp3) is 0.533. The Kier molecular flexibility index (Phi) is 4.18. The number of sulfone groups is 1. The number of nitrogens with one attached hydrogen (secondary N) is 1. The number of hydrogen-bond acceptors (Lipinski definition) is 3. The molecule has 1 N–H and O–H groups in total. The van der Waals surface area contributed by atoms with E-state index < -0.39 is 27.0 Å². The van der Waals surface area contributed by atoms with E-state index in [0.29, 0.717) is 0 Å². The lowest BCUT2D eigenvalue weighted by molar-refractivity contribution is -0.120. The quantitative estimate of drug-likeness (QED) is 0.921. The monoisotopic (exact) mass is 295 g/mol. The Morgan fingerprint density at radius 1 is 1.35 bits per heavy atom. The molecular formula is C15H21NO3S. The van der Waals surface area contributed by atoms with Gasteiger partial charge in [0.25, 0.3) is 0 Å². The van der Waals surface area contributed by atoms with Crippen LogP contribution in [0.25, 0.3) is 0 Å². The van der Waals surface area contributed by atoms with Gasteiger partial charge in [-0.25, -0.2) is 8.42 Å². The molecule has 0 aliphatic heterocycles. The largest absolute Gasteiger partial charge is 0.346 e. The van der Waals surface area contributed by atoms with Gasteiger partial charge in [0.2, 0.25) is 5.91 Å². The average molecular weight is 295 g/mol. The van der Waals surface area contributed by atoms with Crippen molar-refractivity contribution < 1.29 is 13.2 Å². The summed E-state index contributed by atoms with van der Waals surface area (Å²) in [6.07, 6.45) is 2.84. The number of carbonyl (C=O) groups is 1. The molecule has 0 aromatic heterocycles. The molecule has 0 fully saturated rings. The Bertz CT molecular complexity index is 609. The van der Waals surface area contributed by atoms with E-state index in [-0.39, 0.29) is 5.75 Å². The van der Waals surface area contributed by atoms with Crippen molar-refractivity contribution in [3.8, 4) is 0 Å². The van der Waals surface area contributed by atoms with E-state index in [4.69, 9.17) is 0 Å². The van der Waals surface area contributed by atoms with E-state index in [1.807, 2.05) is 25.1 Å². The van der Waals surface area contributed by atoms with Crippen molar-refractivity contribution in [3.63, 3.8) is 0 Å². The second kappa shape index (κ2) is 5.56. The van der Waals surface area contributed by atoms with Crippen molar-refractivity contribution >= 4 is 15.7 Å². The van der Waals surface area contributed by atoms with Crippen LogP contribution in [0.1, 0.15) is 37.8 Å². The fourth-order valence-electron chi connectivity index (χ4n) is 2.82. The number of hydrogen-bond donors (Lipinski definition) is 1. The van der Waals surface area contributed by atoms with E-state index in [1.54, 1.807) is 6.92 Å². The molecule has 4 nitrogen and oxygen atoms in total. The highest BCUT2D eigenvalue weighted by Gasteiger charge is 2.33. The lowest BCUT2D eigenvalue weighted by atomic mass is 9.78. The summed E-state index contributed by atoms with van der Waals surface area (Å²) in [7, 11) is -3.29. The molecule has 1 aromatic carbocycles. The summed E-state index contributed by atoms with van der Waals surface area (Å²) in [6, 6.07) is 8.04. The topological polar surface area (TPSA) is 63.2 Å². The fourth-order valence-corrected chi connectivity index (χ4v) is 3.49. The molecule has 1 atom stereocenters. The highest BCUT2D eigenvalue weighted by atomic mass is 32.2. The number of amides is 1. The molecule has 0 bridgehead atoms. The number of benzene rings is 1. The minimum Gasteiger partial charge on any atom is -0.346 e. The van der Waals surface area contributed by atoms with Crippen LogP contribution < -0.4 is 5.32 Å². The molecule has 0 saturated carbocycles. The first kappa shape index (κ1) is 15.0. The third-order valence-corrected chi connectivity index (χ3v) is 5.52. The van der Waals surface area contributed by atoms with Gasteiger partial charge in [-0.2, -0.15) is 0 Å². The molecule has 20 heavy (non-hydrogen) atoms. The molecule has 5 heteroatoms. The summed E-state index contributed by atoms with van der Waals surface area (Å²) >= 11 is 0. The van der Waals surface area contributed by atoms with Gasteiger partial charge in [-0.05, 0) is 37.3 Å². The molecule has 0 heterocycles. The number of rotatable bonds is 4. The van der Waals surface area contributed by atoms with Crippen LogP contribution in [-0.4, -0.2) is 25.8 Å². The van der Waals surface area contributed by atoms with Gasteiger partial charge in [0.15, 0.2) is 9.84 Å². The minimum absolute atomic E-state index is 0.00623. The van der Waals surface area contributed by atoms with Gasteiger partial charge in [0.1, 0.15) is 5.75 Å². The van der Waals surface area contributed by atoms with Crippen LogP contribution in [0.3, 0.4) is 0 Å². The molecule has 1 aliphatic rings. The van der Waals surface area contributed by atoms with E-state index >= 15 is 0 Å². The Balaban J connectivity index is 2.19. The second-order valence-corrected chi connectivity index (χ2v) is 7.92. The Labute approximate surface area is 120 Å². The van der Waals surface area contributed by atoms with Crippen LogP contribution in [-0.2, 0) is 26.6 Å². The number of fused-ring (bicyclic) bond motifs is 1. The van der Waals surface area contributed by atoms with Crippen molar-refractivity contribution in [2.75, 3.05) is 11.5 Å². The number of aryl methyl sites for hydroxylation is 1. The molecule has 110 valence electrons. The smallest absolute Gasteiger partial charge is 0.235 e. The van der Waals surface area contributed by atoms with Crippen LogP contribution in [0.5, 0.6) is 0 Å². The summed E-state index contributed by atoms with van der Waals surface area (Å²) in [6.45, 7) is 3.53. The average Bonchev–Trinajstić information content (AvgIpc) is 2.38. The lowest BCUT2D eigenvalue weighted by Gasteiger charge is -2.36. The van der Waals surface area contributed by atoms with Crippen LogP contribution in [0.15, 0.2) is 24.3 Å². The van der Waals surface area contributed by atoms with E-state index in [9.17, 15) is 13.2 Å². The zero-order chi connectivity index (χ0) is 14.8. The van der Waals surface area contributed by atoms with Gasteiger partial charge >= 0.3 is 0 Å². The van der Waals surface area contributed by atoms with Crippen LogP contribution in [0, 0.1) is 0 Å². The van der Waals surface area contributed by atoms with Crippen LogP contribution in [0.2, 0.25) is 0 Å². The molecule has 1 aliphatic carbocycles. The molecule has 0 radical (unpaired) electrons. The van der Waals surface area contributed by atoms with Gasteiger partial charge in [-0.3, -0.25) is 4.79 Å². The normalized spacial score (nSPS) is 22.1. The van der Waals surface area contributed by atoms with Crippen LogP contribution in [0.4, 0.5) is 0 Å². The predicted molar refractivity (Wildman–Crippen MR) is 79.2 cm³/mol. The van der Waals surface area contributed by atoms with Crippen molar-refractivity contribution in [1.82, 2.24) is 5.32 Å². The van der Waals surface area contributed by atoms with E-state index in [2.05, 4.69) is 11.4 Å². The molecule has 1 unspecified atom stereocenters. The maximum absolute atomic E-state index is 12.0. The van der Waals surface area contributed by atoms with E-state index in [0.717, 1.165) is 24.8 Å². The summed E-state index contributed by atoms with van der Waals surface area (Å²) in [4.78, 5) is 12.0. The first-order valence-electron chi connectivity index (χ1n) is 6.96. The molecule has 0 spiro atoms. The highest BCUT2D eigenvalue weighted by molar-refractivity contribution is 7.92. The minimum atomic E-state index is -3.29. The molecule has 1 aromatic rings. The maximum atomic E-state index is 12.0. The summed E-state index contributed by atoms with van der Waals surface area (Å²) in [5.74, 6) is -0.847. The molecule has 2 rings (SSSR count). The zero-order valence-electron chi connectivity index (χ0n) is 12.0. The Morgan fingerprint density at radius 3 is 2.75 bits per heavy atom. The predicted octanol–water partition coefficient (Wildman–Crippen LogP) is 1.79. The highest BCUT2D eigenvalue weighted by Crippen LogP contribution is 2.34. The standard InChI is InChI=1S/C15H21NO3S/c1-3-20(18,19)11-14(17)16-15(2)10-6-8-12-7-4-5-9-13(12)15/h4-5,7,9H,3,6,8,10-11H2,1-2H3,(H,16,17). The first-order chi connectivity index (χ1) is 9.36. The van der Waals surface area contributed by atoms with Crippen molar-refractivity contribution in [2.24, 2.45) is 0 Å². The second-order valence-electron chi connectivity index (χ2n) is 5.57. The van der Waals surface area contributed by atoms with E-state index in [1.165, 1.54) is 5.56 Å². The summed E-state index contributed by atoms with van der Waals surface area (Å²) in [5, 5.41) is 2.92. The zero-order valence-corrected chi connectivity index (χ0v) is 12.8. The molecule has 1 amide bonds. The SMILES string of the molecule is CCS(=O)(=O)CC(=O)NC1(C)CCCc2ccccc21. The maximum Gasteiger partial charge on any atom is 0.235 e. The van der Waals surface area contributed by atoms with Gasteiger partial charge in [0, 0.05) is 5.75 Å². The van der Waals surface area contributed by atoms with Gasteiger partial charge in [-0.1, -0.05) is 31.2 Å². The van der Waals surface area contributed by atoms with Crippen molar-refractivity contribution in [3.05, 3.63) is 35.4 Å². The Morgan fingerprint density at radius 2 is 2.05 bits per heavy atom. The Hall–Kier alpha value is -1.36.